The quantitative estimate of drug-likeness (QED) is 0.388. The van der Waals surface area contributed by atoms with Gasteiger partial charge in [-0.15, -0.1) is 0 Å². The number of carbonyl (C=O) groups is 1. The van der Waals surface area contributed by atoms with Crippen LogP contribution in [0.25, 0.3) is 11.3 Å². The number of aromatic nitrogens is 1. The molecule has 4 N–H and O–H groups in total. The second-order valence-electron chi connectivity index (χ2n) is 8.16. The highest BCUT2D eigenvalue weighted by Gasteiger charge is 2.16. The molecule has 0 spiro atoms. The first-order valence-electron chi connectivity index (χ1n) is 11.2. The Morgan fingerprint density at radius 2 is 2.06 bits per heavy atom. The molecular formula is C26H29N5O2. The highest BCUT2D eigenvalue weighted by Crippen LogP contribution is 2.29. The van der Waals surface area contributed by atoms with Gasteiger partial charge in [0.2, 0.25) is 0 Å². The highest BCUT2D eigenvalue weighted by molar-refractivity contribution is 5.96. The number of pyridine rings is 1. The van der Waals surface area contributed by atoms with Crippen molar-refractivity contribution < 1.29 is 9.53 Å². The summed E-state index contributed by atoms with van der Waals surface area (Å²) < 4.78 is 6.03. The van der Waals surface area contributed by atoms with Crippen LogP contribution in [-0.4, -0.2) is 43.3 Å². The molecule has 2 heterocycles. The number of anilines is 1. The Bertz CT molecular complexity index is 1160. The van der Waals surface area contributed by atoms with Crippen molar-refractivity contribution in [2.24, 2.45) is 0 Å². The van der Waals surface area contributed by atoms with Crippen molar-refractivity contribution in [3.8, 4) is 22.8 Å². The van der Waals surface area contributed by atoms with Crippen molar-refractivity contribution >= 4 is 17.8 Å². The summed E-state index contributed by atoms with van der Waals surface area (Å²) in [6.45, 7) is 3.61. The summed E-state index contributed by atoms with van der Waals surface area (Å²) in [7, 11) is 1.81. The number of nitrogens with one attached hydrogen (secondary N) is 4. The van der Waals surface area contributed by atoms with Gasteiger partial charge in [-0.05, 0) is 62.2 Å². The van der Waals surface area contributed by atoms with Gasteiger partial charge in [0.1, 0.15) is 11.5 Å². The van der Waals surface area contributed by atoms with Gasteiger partial charge in [-0.1, -0.05) is 6.07 Å². The maximum Gasteiger partial charge on any atom is 0.251 e. The normalized spacial score (nSPS) is 15.2. The zero-order chi connectivity index (χ0) is 23.2. The van der Waals surface area contributed by atoms with Crippen LogP contribution in [0.3, 0.4) is 0 Å². The number of amides is 1. The first-order chi connectivity index (χ1) is 16.1. The zero-order valence-corrected chi connectivity index (χ0v) is 18.9. The number of rotatable bonds is 8. The van der Waals surface area contributed by atoms with Crippen LogP contribution in [0, 0.1) is 12.3 Å². The lowest BCUT2D eigenvalue weighted by Crippen LogP contribution is -2.37. The largest absolute Gasteiger partial charge is 0.457 e. The fourth-order valence-corrected chi connectivity index (χ4v) is 4.03. The molecule has 1 aromatic heterocycles. The van der Waals surface area contributed by atoms with E-state index in [1.54, 1.807) is 12.3 Å². The minimum Gasteiger partial charge on any atom is -0.457 e. The number of hydrogen-bond donors (Lipinski definition) is 4. The number of aryl methyl sites for hydroxylation is 1. The molecule has 7 nitrogen and oxygen atoms in total. The molecule has 0 bridgehead atoms. The maximum absolute atomic E-state index is 12.6. The number of carbonyl (C=O) groups excluding carboxylic acids is 1. The number of nitrogens with zero attached hydrogens (tertiary/aromatic N) is 1. The van der Waals surface area contributed by atoms with Crippen molar-refractivity contribution in [2.75, 3.05) is 25.5 Å². The van der Waals surface area contributed by atoms with Crippen molar-refractivity contribution in [1.29, 1.82) is 5.41 Å². The Hall–Kier alpha value is -3.71. The molecule has 1 unspecified atom stereocenters. The Balaban J connectivity index is 1.48. The van der Waals surface area contributed by atoms with Gasteiger partial charge in [-0.3, -0.25) is 9.78 Å². The monoisotopic (exact) mass is 443 g/mol. The van der Waals surface area contributed by atoms with Crippen molar-refractivity contribution in [2.45, 2.75) is 25.8 Å². The lowest BCUT2D eigenvalue weighted by Gasteiger charge is -2.13. The Morgan fingerprint density at radius 3 is 2.79 bits per heavy atom. The molecule has 1 aliphatic heterocycles. The molecule has 1 amide bonds. The Labute approximate surface area is 194 Å². The lowest BCUT2D eigenvalue weighted by molar-refractivity contribution is 0.0949. The summed E-state index contributed by atoms with van der Waals surface area (Å²) in [5.41, 5.74) is 4.88. The maximum atomic E-state index is 12.6. The third-order valence-corrected chi connectivity index (χ3v) is 5.85. The lowest BCUT2D eigenvalue weighted by atomic mass is 10.0. The van der Waals surface area contributed by atoms with E-state index in [0.717, 1.165) is 47.5 Å². The molecule has 0 aliphatic carbocycles. The Kier molecular flexibility index (Phi) is 7.00. The number of hydrogen-bond acceptors (Lipinski definition) is 6. The molecule has 170 valence electrons. The molecule has 1 saturated heterocycles. The zero-order valence-electron chi connectivity index (χ0n) is 18.9. The van der Waals surface area contributed by atoms with Crippen molar-refractivity contribution in [1.82, 2.24) is 15.6 Å². The fraction of sp³-hybridized carbons (Fsp3) is 0.269. The van der Waals surface area contributed by atoms with E-state index in [0.29, 0.717) is 29.6 Å². The molecule has 1 fully saturated rings. The standard InChI is InChI=1S/C26H29N5O2/c1-17-12-18(6-8-23(17)26(32)31-16-20-4-3-10-29-20)25-14-22(9-11-30-25)33-21-7-5-19(15-27)24(13-21)28-2/h5-9,11-15,20,27-29H,3-4,10,16H2,1-2H3,(H,31,32). The first-order valence-corrected chi connectivity index (χ1v) is 11.2. The molecule has 7 heteroatoms. The van der Waals surface area contributed by atoms with Gasteiger partial charge in [0.05, 0.1) is 5.69 Å². The average molecular weight is 444 g/mol. The molecule has 1 atom stereocenters. The molecular weight excluding hydrogens is 414 g/mol. The summed E-state index contributed by atoms with van der Waals surface area (Å²) in [4.78, 5) is 17.1. The third-order valence-electron chi connectivity index (χ3n) is 5.85. The van der Waals surface area contributed by atoms with Crippen LogP contribution in [0.15, 0.2) is 54.7 Å². The summed E-state index contributed by atoms with van der Waals surface area (Å²) >= 11 is 0. The highest BCUT2D eigenvalue weighted by atomic mass is 16.5. The SMILES string of the molecule is CNc1cc(Oc2ccnc(-c3ccc(C(=O)NCC4CCCN4)c(C)c3)c2)ccc1C=N. The van der Waals surface area contributed by atoms with Gasteiger partial charge in [0.25, 0.3) is 5.91 Å². The van der Waals surface area contributed by atoms with E-state index in [2.05, 4.69) is 20.9 Å². The Morgan fingerprint density at radius 1 is 1.21 bits per heavy atom. The van der Waals surface area contributed by atoms with Gasteiger partial charge < -0.3 is 26.1 Å². The van der Waals surface area contributed by atoms with Crippen LogP contribution >= 0.6 is 0 Å². The van der Waals surface area contributed by atoms with Crippen LogP contribution in [0.4, 0.5) is 5.69 Å². The topological polar surface area (TPSA) is 99.1 Å². The molecule has 2 aromatic carbocycles. The minimum absolute atomic E-state index is 0.0495. The number of benzene rings is 2. The second kappa shape index (κ2) is 10.3. The molecule has 1 aliphatic rings. The van der Waals surface area contributed by atoms with Gasteiger partial charge >= 0.3 is 0 Å². The molecule has 0 saturated carbocycles. The van der Waals surface area contributed by atoms with Crippen LogP contribution in [-0.2, 0) is 0 Å². The van der Waals surface area contributed by atoms with E-state index in [-0.39, 0.29) is 5.91 Å². The van der Waals surface area contributed by atoms with E-state index in [9.17, 15) is 4.79 Å². The van der Waals surface area contributed by atoms with E-state index in [1.165, 1.54) is 6.21 Å². The first kappa shape index (κ1) is 22.5. The van der Waals surface area contributed by atoms with E-state index >= 15 is 0 Å². The van der Waals surface area contributed by atoms with Crippen molar-refractivity contribution in [3.63, 3.8) is 0 Å². The van der Waals surface area contributed by atoms with Crippen LogP contribution in [0.2, 0.25) is 0 Å². The summed E-state index contributed by atoms with van der Waals surface area (Å²) in [5.74, 6) is 1.28. The molecule has 3 aromatic rings. The number of ether oxygens (including phenoxy) is 1. The summed E-state index contributed by atoms with van der Waals surface area (Å²) in [5, 5.41) is 17.0. The van der Waals surface area contributed by atoms with Gasteiger partial charge in [0.15, 0.2) is 0 Å². The van der Waals surface area contributed by atoms with Crippen LogP contribution < -0.4 is 20.7 Å². The van der Waals surface area contributed by atoms with Crippen molar-refractivity contribution in [3.05, 3.63) is 71.4 Å². The van der Waals surface area contributed by atoms with Crippen LogP contribution in [0.1, 0.15) is 34.3 Å². The third kappa shape index (κ3) is 5.38. The van der Waals surface area contributed by atoms with Gasteiger partial charge in [-0.25, -0.2) is 0 Å². The predicted molar refractivity (Wildman–Crippen MR) is 132 cm³/mol. The summed E-state index contributed by atoms with van der Waals surface area (Å²) in [6, 6.07) is 15.3. The minimum atomic E-state index is -0.0495. The van der Waals surface area contributed by atoms with Gasteiger partial charge in [0, 0.05) is 66.6 Å². The predicted octanol–water partition coefficient (Wildman–Crippen LogP) is 4.37. The fourth-order valence-electron chi connectivity index (χ4n) is 4.03. The molecule has 0 radical (unpaired) electrons. The second-order valence-corrected chi connectivity index (χ2v) is 8.16. The average Bonchev–Trinajstić information content (AvgIpc) is 3.36. The molecule has 4 rings (SSSR count). The smallest absolute Gasteiger partial charge is 0.251 e. The van der Waals surface area contributed by atoms with E-state index in [1.807, 2.05) is 56.4 Å². The van der Waals surface area contributed by atoms with E-state index in [4.69, 9.17) is 10.1 Å². The molecule has 33 heavy (non-hydrogen) atoms. The van der Waals surface area contributed by atoms with Crippen LogP contribution in [0.5, 0.6) is 11.5 Å². The van der Waals surface area contributed by atoms with Gasteiger partial charge in [-0.2, -0.15) is 0 Å². The van der Waals surface area contributed by atoms with E-state index < -0.39 is 0 Å². The summed E-state index contributed by atoms with van der Waals surface area (Å²) in [6.07, 6.45) is 5.28.